The van der Waals surface area contributed by atoms with Crippen molar-refractivity contribution in [3.8, 4) is 0 Å². The number of rotatable bonds is 21. The molecule has 0 spiro atoms. The predicted octanol–water partition coefficient (Wildman–Crippen LogP) is 3.35. The summed E-state index contributed by atoms with van der Waals surface area (Å²) in [4.78, 5) is 2.08. The van der Waals surface area contributed by atoms with Crippen molar-refractivity contribution in [1.82, 2.24) is 4.90 Å². The minimum atomic E-state index is -0.504. The third-order valence-corrected chi connectivity index (χ3v) is 4.69. The van der Waals surface area contributed by atoms with Crippen molar-refractivity contribution >= 4 is 0 Å². The molecule has 0 saturated carbocycles. The molecule has 0 aromatic rings. The van der Waals surface area contributed by atoms with E-state index in [2.05, 4.69) is 11.8 Å². The fourth-order valence-corrected chi connectivity index (χ4v) is 3.14. The van der Waals surface area contributed by atoms with Gasteiger partial charge in [-0.15, -0.1) is 0 Å². The summed E-state index contributed by atoms with van der Waals surface area (Å²) in [5, 5.41) is 28.0. The van der Waals surface area contributed by atoms with E-state index in [4.69, 9.17) is 14.9 Å². The maximum atomic E-state index is 10.1. The summed E-state index contributed by atoms with van der Waals surface area (Å²) >= 11 is 0. The zero-order valence-electron chi connectivity index (χ0n) is 17.2. The molecule has 26 heavy (non-hydrogen) atoms. The molecule has 0 saturated heterocycles. The lowest BCUT2D eigenvalue weighted by Crippen LogP contribution is -2.37. The van der Waals surface area contributed by atoms with Crippen molar-refractivity contribution in [3.05, 3.63) is 0 Å². The molecule has 0 aromatic carbocycles. The monoisotopic (exact) mass is 375 g/mol. The fourth-order valence-electron chi connectivity index (χ4n) is 3.14. The van der Waals surface area contributed by atoms with Gasteiger partial charge in [0.25, 0.3) is 0 Å². The van der Waals surface area contributed by atoms with E-state index < -0.39 is 6.10 Å². The highest BCUT2D eigenvalue weighted by Crippen LogP contribution is 2.10. The van der Waals surface area contributed by atoms with E-state index in [9.17, 15) is 5.11 Å². The summed E-state index contributed by atoms with van der Waals surface area (Å²) in [5.41, 5.74) is 0. The number of aliphatic hydroxyl groups excluding tert-OH is 3. The maximum Gasteiger partial charge on any atom is 0.0900 e. The van der Waals surface area contributed by atoms with Crippen LogP contribution in [-0.4, -0.2) is 72.4 Å². The van der Waals surface area contributed by atoms with Crippen molar-refractivity contribution in [1.29, 1.82) is 0 Å². The van der Waals surface area contributed by atoms with Crippen LogP contribution in [0, 0.1) is 0 Å². The molecular weight excluding hydrogens is 330 g/mol. The number of unbranched alkanes of at least 4 members (excludes halogenated alkanes) is 9. The van der Waals surface area contributed by atoms with Gasteiger partial charge in [-0.25, -0.2) is 0 Å². The van der Waals surface area contributed by atoms with Gasteiger partial charge in [-0.1, -0.05) is 64.7 Å². The molecule has 0 aliphatic heterocycles. The number of nitrogens with zero attached hydrogens (tertiary/aromatic N) is 1. The molecule has 1 unspecified atom stereocenters. The quantitative estimate of drug-likeness (QED) is 0.268. The maximum absolute atomic E-state index is 10.1. The van der Waals surface area contributed by atoms with E-state index in [1.54, 1.807) is 0 Å². The van der Waals surface area contributed by atoms with Crippen LogP contribution in [0.25, 0.3) is 0 Å². The topological polar surface area (TPSA) is 73.2 Å². The van der Waals surface area contributed by atoms with Crippen LogP contribution in [-0.2, 0) is 4.74 Å². The highest BCUT2D eigenvalue weighted by Gasteiger charge is 2.11. The first kappa shape index (κ1) is 25.8. The largest absolute Gasteiger partial charge is 0.396 e. The van der Waals surface area contributed by atoms with E-state index in [-0.39, 0.29) is 13.2 Å². The first-order valence-corrected chi connectivity index (χ1v) is 10.9. The standard InChI is InChI=1S/C21H45NO4/c1-2-3-4-5-6-7-8-9-10-11-18-26-20-21(25)19-22(14-12-16-23)15-13-17-24/h21,23-25H,2-20H2,1H3. The van der Waals surface area contributed by atoms with Gasteiger partial charge in [-0.2, -0.15) is 0 Å². The third-order valence-electron chi connectivity index (χ3n) is 4.69. The average Bonchev–Trinajstić information content (AvgIpc) is 2.64. The minimum Gasteiger partial charge on any atom is -0.396 e. The molecule has 3 N–H and O–H groups in total. The summed E-state index contributed by atoms with van der Waals surface area (Å²) in [6.45, 7) is 5.68. The Bertz CT molecular complexity index is 258. The van der Waals surface area contributed by atoms with Crippen LogP contribution in [0.2, 0.25) is 0 Å². The Balaban J connectivity index is 3.46. The van der Waals surface area contributed by atoms with Crippen molar-refractivity contribution < 1.29 is 20.1 Å². The molecule has 5 heteroatoms. The number of ether oxygens (including phenoxy) is 1. The summed E-state index contributed by atoms with van der Waals surface area (Å²) in [7, 11) is 0. The van der Waals surface area contributed by atoms with Crippen LogP contribution in [0.3, 0.4) is 0 Å². The van der Waals surface area contributed by atoms with Crippen molar-refractivity contribution in [3.63, 3.8) is 0 Å². The molecule has 158 valence electrons. The molecule has 5 nitrogen and oxygen atoms in total. The van der Waals surface area contributed by atoms with Crippen LogP contribution >= 0.6 is 0 Å². The Morgan fingerprint density at radius 2 is 1.23 bits per heavy atom. The van der Waals surface area contributed by atoms with Gasteiger partial charge in [-0.3, -0.25) is 0 Å². The van der Waals surface area contributed by atoms with Gasteiger partial charge in [0.2, 0.25) is 0 Å². The normalized spacial score (nSPS) is 12.8. The Hall–Kier alpha value is -0.200. The SMILES string of the molecule is CCCCCCCCCCCCOCC(O)CN(CCCO)CCCO. The summed E-state index contributed by atoms with van der Waals surface area (Å²) in [6, 6.07) is 0. The Morgan fingerprint density at radius 1 is 0.731 bits per heavy atom. The molecular formula is C21H45NO4. The minimum absolute atomic E-state index is 0.154. The van der Waals surface area contributed by atoms with Crippen LogP contribution in [0.15, 0.2) is 0 Å². The van der Waals surface area contributed by atoms with Crippen molar-refractivity contribution in [2.24, 2.45) is 0 Å². The van der Waals surface area contributed by atoms with Gasteiger partial charge in [0.1, 0.15) is 0 Å². The van der Waals surface area contributed by atoms with E-state index in [0.29, 0.717) is 26.0 Å². The lowest BCUT2D eigenvalue weighted by molar-refractivity contribution is 0.0137. The van der Waals surface area contributed by atoms with Crippen LogP contribution in [0.4, 0.5) is 0 Å². The zero-order valence-corrected chi connectivity index (χ0v) is 17.2. The number of hydrogen-bond donors (Lipinski definition) is 3. The van der Waals surface area contributed by atoms with E-state index in [0.717, 1.165) is 26.1 Å². The Kier molecular flexibility index (Phi) is 20.9. The number of hydrogen-bond acceptors (Lipinski definition) is 5. The van der Waals surface area contributed by atoms with E-state index >= 15 is 0 Å². The summed E-state index contributed by atoms with van der Waals surface area (Å²) in [5.74, 6) is 0. The Morgan fingerprint density at radius 3 is 1.73 bits per heavy atom. The van der Waals surface area contributed by atoms with Gasteiger partial charge < -0.3 is 25.0 Å². The second-order valence-electron chi connectivity index (χ2n) is 7.37. The van der Waals surface area contributed by atoms with Crippen LogP contribution < -0.4 is 0 Å². The first-order valence-electron chi connectivity index (χ1n) is 10.9. The van der Waals surface area contributed by atoms with Crippen LogP contribution in [0.5, 0.6) is 0 Å². The second kappa shape index (κ2) is 21.1. The van der Waals surface area contributed by atoms with Gasteiger partial charge in [0.05, 0.1) is 12.7 Å². The second-order valence-corrected chi connectivity index (χ2v) is 7.37. The van der Waals surface area contributed by atoms with Crippen molar-refractivity contribution in [2.45, 2.75) is 90.1 Å². The lowest BCUT2D eigenvalue weighted by atomic mass is 10.1. The molecule has 0 heterocycles. The molecule has 0 aliphatic rings. The highest BCUT2D eigenvalue weighted by molar-refractivity contribution is 4.64. The number of aliphatic hydroxyl groups is 3. The molecule has 1 atom stereocenters. The molecule has 0 bridgehead atoms. The van der Waals surface area contributed by atoms with Gasteiger partial charge in [0.15, 0.2) is 0 Å². The predicted molar refractivity (Wildman–Crippen MR) is 109 cm³/mol. The smallest absolute Gasteiger partial charge is 0.0900 e. The summed E-state index contributed by atoms with van der Waals surface area (Å²) in [6.07, 6.45) is 14.0. The molecule has 0 amide bonds. The van der Waals surface area contributed by atoms with Crippen LogP contribution in [0.1, 0.15) is 84.0 Å². The lowest BCUT2D eigenvalue weighted by Gasteiger charge is -2.24. The fraction of sp³-hybridized carbons (Fsp3) is 1.00. The van der Waals surface area contributed by atoms with E-state index in [1.165, 1.54) is 57.8 Å². The van der Waals surface area contributed by atoms with Gasteiger partial charge in [-0.05, 0) is 19.3 Å². The molecule has 0 radical (unpaired) electrons. The van der Waals surface area contributed by atoms with E-state index in [1.807, 2.05) is 0 Å². The molecule has 0 rings (SSSR count). The third kappa shape index (κ3) is 18.6. The Labute approximate surface area is 161 Å². The molecule has 0 aromatic heterocycles. The molecule has 0 aliphatic carbocycles. The first-order chi connectivity index (χ1) is 12.7. The van der Waals surface area contributed by atoms with Gasteiger partial charge in [0, 0.05) is 39.5 Å². The zero-order chi connectivity index (χ0) is 19.3. The summed E-state index contributed by atoms with van der Waals surface area (Å²) < 4.78 is 5.60. The molecule has 0 fully saturated rings. The van der Waals surface area contributed by atoms with Crippen molar-refractivity contribution in [2.75, 3.05) is 46.1 Å². The van der Waals surface area contributed by atoms with Gasteiger partial charge >= 0.3 is 0 Å². The average molecular weight is 376 g/mol. The highest BCUT2D eigenvalue weighted by atomic mass is 16.5.